The second kappa shape index (κ2) is 5.28. The minimum absolute atomic E-state index is 0.235. The number of aromatic amines is 1. The van der Waals surface area contributed by atoms with Gasteiger partial charge in [-0.05, 0) is 42.5 Å². The summed E-state index contributed by atoms with van der Waals surface area (Å²) < 4.78 is 10.3. The molecule has 3 aromatic rings. The van der Waals surface area contributed by atoms with Gasteiger partial charge in [0.1, 0.15) is 11.5 Å². The smallest absolute Gasteiger partial charge is 0.272 e. The third kappa shape index (κ3) is 2.33. The Balaban J connectivity index is 2.22. The molecule has 5 nitrogen and oxygen atoms in total. The van der Waals surface area contributed by atoms with E-state index in [1.165, 1.54) is 0 Å². The van der Waals surface area contributed by atoms with E-state index in [1.54, 1.807) is 20.3 Å². The number of rotatable bonds is 3. The first-order valence-electron chi connectivity index (χ1n) is 6.44. The molecule has 0 fully saturated rings. The van der Waals surface area contributed by atoms with Crippen LogP contribution in [0.3, 0.4) is 0 Å². The average molecular weight is 282 g/mol. The van der Waals surface area contributed by atoms with E-state index in [-0.39, 0.29) is 5.56 Å². The molecule has 0 amide bonds. The van der Waals surface area contributed by atoms with Crippen molar-refractivity contribution < 1.29 is 9.47 Å². The predicted molar refractivity (Wildman–Crippen MR) is 80.9 cm³/mol. The van der Waals surface area contributed by atoms with Gasteiger partial charge in [0.15, 0.2) is 0 Å². The van der Waals surface area contributed by atoms with Crippen LogP contribution in [-0.2, 0) is 0 Å². The molecule has 0 unspecified atom stereocenters. The maximum atomic E-state index is 11.9. The Bertz CT molecular complexity index is 838. The van der Waals surface area contributed by atoms with Gasteiger partial charge in [0.2, 0.25) is 0 Å². The molecule has 21 heavy (non-hydrogen) atoms. The lowest BCUT2D eigenvalue weighted by Crippen LogP contribution is -2.09. The lowest BCUT2D eigenvalue weighted by molar-refractivity contribution is 0.415. The van der Waals surface area contributed by atoms with E-state index in [0.717, 1.165) is 22.4 Å². The summed E-state index contributed by atoms with van der Waals surface area (Å²) in [6, 6.07) is 12.9. The van der Waals surface area contributed by atoms with Gasteiger partial charge in [-0.15, -0.1) is 0 Å². The van der Waals surface area contributed by atoms with Crippen LogP contribution in [0, 0.1) is 0 Å². The largest absolute Gasteiger partial charge is 0.497 e. The monoisotopic (exact) mass is 282 g/mol. The van der Waals surface area contributed by atoms with Crippen LogP contribution in [0.15, 0.2) is 47.3 Å². The molecule has 0 aliphatic heterocycles. The first kappa shape index (κ1) is 13.2. The Kier molecular flexibility index (Phi) is 3.31. The van der Waals surface area contributed by atoms with Gasteiger partial charge < -0.3 is 9.47 Å². The van der Waals surface area contributed by atoms with Crippen molar-refractivity contribution in [2.24, 2.45) is 0 Å². The van der Waals surface area contributed by atoms with Crippen molar-refractivity contribution in [1.29, 1.82) is 0 Å². The number of nitrogens with one attached hydrogen (secondary N) is 1. The molecule has 0 spiro atoms. The van der Waals surface area contributed by atoms with Crippen LogP contribution in [0.1, 0.15) is 0 Å². The summed E-state index contributed by atoms with van der Waals surface area (Å²) in [4.78, 5) is 11.9. The van der Waals surface area contributed by atoms with Gasteiger partial charge >= 0.3 is 0 Å². The molecular formula is C16H14N2O3. The summed E-state index contributed by atoms with van der Waals surface area (Å²) in [7, 11) is 3.19. The number of hydrogen-bond acceptors (Lipinski definition) is 4. The van der Waals surface area contributed by atoms with Gasteiger partial charge in [-0.2, -0.15) is 5.10 Å². The minimum atomic E-state index is -0.235. The molecule has 1 heterocycles. The highest BCUT2D eigenvalue weighted by Gasteiger charge is 2.09. The van der Waals surface area contributed by atoms with Crippen LogP contribution in [0.2, 0.25) is 0 Å². The Morgan fingerprint density at radius 3 is 2.24 bits per heavy atom. The van der Waals surface area contributed by atoms with E-state index in [2.05, 4.69) is 10.2 Å². The van der Waals surface area contributed by atoms with E-state index in [0.29, 0.717) is 11.1 Å². The van der Waals surface area contributed by atoms with Gasteiger partial charge in [-0.25, -0.2) is 5.10 Å². The standard InChI is InChI=1S/C16H14N2O3/c1-20-11-5-3-10(4-6-11)15-13-8-7-12(21-2)9-14(13)16(19)18-17-15/h3-9H,1-2H3,(H,18,19). The van der Waals surface area contributed by atoms with Crippen molar-refractivity contribution in [3.05, 3.63) is 52.8 Å². The minimum Gasteiger partial charge on any atom is -0.497 e. The Morgan fingerprint density at radius 2 is 1.57 bits per heavy atom. The second-order valence-corrected chi connectivity index (χ2v) is 4.54. The number of nitrogens with zero attached hydrogens (tertiary/aromatic N) is 1. The highest BCUT2D eigenvalue weighted by molar-refractivity contribution is 5.94. The van der Waals surface area contributed by atoms with E-state index >= 15 is 0 Å². The molecule has 0 aliphatic carbocycles. The molecule has 1 N–H and O–H groups in total. The highest BCUT2D eigenvalue weighted by Crippen LogP contribution is 2.27. The molecule has 0 aliphatic rings. The summed E-state index contributed by atoms with van der Waals surface area (Å²) >= 11 is 0. The summed E-state index contributed by atoms with van der Waals surface area (Å²) in [6.07, 6.45) is 0. The lowest BCUT2D eigenvalue weighted by Gasteiger charge is -2.07. The predicted octanol–water partition coefficient (Wildman–Crippen LogP) is 2.61. The lowest BCUT2D eigenvalue weighted by atomic mass is 10.0. The number of aromatic nitrogens is 2. The average Bonchev–Trinajstić information content (AvgIpc) is 2.55. The number of benzene rings is 2. The molecule has 0 radical (unpaired) electrons. The molecule has 106 valence electrons. The quantitative estimate of drug-likeness (QED) is 0.802. The van der Waals surface area contributed by atoms with Crippen molar-refractivity contribution in [3.8, 4) is 22.8 Å². The zero-order chi connectivity index (χ0) is 14.8. The number of fused-ring (bicyclic) bond motifs is 1. The molecule has 0 saturated carbocycles. The SMILES string of the molecule is COc1ccc(-c2n[nH]c(=O)c3cc(OC)ccc23)cc1. The third-order valence-corrected chi connectivity index (χ3v) is 3.36. The molecule has 0 atom stereocenters. The fourth-order valence-corrected chi connectivity index (χ4v) is 2.24. The summed E-state index contributed by atoms with van der Waals surface area (Å²) in [5.41, 5.74) is 1.39. The first-order chi connectivity index (χ1) is 10.2. The zero-order valence-electron chi connectivity index (χ0n) is 11.7. The molecule has 5 heteroatoms. The summed E-state index contributed by atoms with van der Waals surface area (Å²) in [5, 5.41) is 8.03. The Morgan fingerprint density at radius 1 is 0.905 bits per heavy atom. The number of hydrogen-bond donors (Lipinski definition) is 1. The van der Waals surface area contributed by atoms with E-state index < -0.39 is 0 Å². The van der Waals surface area contributed by atoms with Crippen LogP contribution in [0.5, 0.6) is 11.5 Å². The number of methoxy groups -OCH3 is 2. The van der Waals surface area contributed by atoms with Crippen LogP contribution in [0.25, 0.3) is 22.0 Å². The van der Waals surface area contributed by atoms with Crippen molar-refractivity contribution in [1.82, 2.24) is 10.2 Å². The molecule has 0 bridgehead atoms. The van der Waals surface area contributed by atoms with E-state index in [9.17, 15) is 4.79 Å². The maximum Gasteiger partial charge on any atom is 0.272 e. The van der Waals surface area contributed by atoms with Crippen molar-refractivity contribution in [2.45, 2.75) is 0 Å². The molecule has 1 aromatic heterocycles. The molecular weight excluding hydrogens is 268 g/mol. The molecule has 2 aromatic carbocycles. The number of ether oxygens (including phenoxy) is 2. The van der Waals surface area contributed by atoms with Gasteiger partial charge in [0, 0.05) is 10.9 Å². The van der Waals surface area contributed by atoms with E-state index in [1.807, 2.05) is 36.4 Å². The van der Waals surface area contributed by atoms with Gasteiger partial charge in [0.25, 0.3) is 5.56 Å². The van der Waals surface area contributed by atoms with Crippen LogP contribution in [-0.4, -0.2) is 24.4 Å². The zero-order valence-corrected chi connectivity index (χ0v) is 11.7. The third-order valence-electron chi connectivity index (χ3n) is 3.36. The summed E-state index contributed by atoms with van der Waals surface area (Å²) in [5.74, 6) is 1.41. The molecule has 3 rings (SSSR count). The molecule has 0 saturated heterocycles. The van der Waals surface area contributed by atoms with E-state index in [4.69, 9.17) is 9.47 Å². The van der Waals surface area contributed by atoms with Gasteiger partial charge in [-0.1, -0.05) is 0 Å². The van der Waals surface area contributed by atoms with Crippen molar-refractivity contribution in [3.63, 3.8) is 0 Å². The normalized spacial score (nSPS) is 10.6. The first-order valence-corrected chi connectivity index (χ1v) is 6.44. The fourth-order valence-electron chi connectivity index (χ4n) is 2.24. The van der Waals surface area contributed by atoms with Gasteiger partial charge in [-0.3, -0.25) is 4.79 Å². The van der Waals surface area contributed by atoms with Crippen molar-refractivity contribution in [2.75, 3.05) is 14.2 Å². The fraction of sp³-hybridized carbons (Fsp3) is 0.125. The van der Waals surface area contributed by atoms with Gasteiger partial charge in [0.05, 0.1) is 25.3 Å². The van der Waals surface area contributed by atoms with Crippen LogP contribution in [0.4, 0.5) is 0 Å². The Hall–Kier alpha value is -2.82. The highest BCUT2D eigenvalue weighted by atomic mass is 16.5. The Labute approximate surface area is 121 Å². The maximum absolute atomic E-state index is 11.9. The second-order valence-electron chi connectivity index (χ2n) is 4.54. The summed E-state index contributed by atoms with van der Waals surface area (Å²) in [6.45, 7) is 0. The van der Waals surface area contributed by atoms with Crippen molar-refractivity contribution >= 4 is 10.8 Å². The van der Waals surface area contributed by atoms with Crippen LogP contribution >= 0.6 is 0 Å². The topological polar surface area (TPSA) is 64.2 Å². The number of H-pyrrole nitrogens is 1. The van der Waals surface area contributed by atoms with Crippen LogP contribution < -0.4 is 15.0 Å².